The second-order valence-electron chi connectivity index (χ2n) is 5.26. The molecule has 0 radical (unpaired) electrons. The van der Waals surface area contributed by atoms with Crippen molar-refractivity contribution in [2.75, 3.05) is 12.4 Å². The molecule has 9 nitrogen and oxygen atoms in total. The first-order valence-corrected chi connectivity index (χ1v) is 7.58. The predicted molar refractivity (Wildman–Crippen MR) is 94.0 cm³/mol. The molecule has 0 amide bonds. The molecular weight excluding hydrogens is 338 g/mol. The van der Waals surface area contributed by atoms with Crippen LogP contribution >= 0.6 is 0 Å². The quantitative estimate of drug-likeness (QED) is 0.528. The first kappa shape index (κ1) is 17.1. The van der Waals surface area contributed by atoms with E-state index in [4.69, 9.17) is 9.47 Å². The van der Waals surface area contributed by atoms with Gasteiger partial charge in [-0.25, -0.2) is 9.97 Å². The molecule has 0 saturated heterocycles. The van der Waals surface area contributed by atoms with E-state index in [0.29, 0.717) is 17.3 Å². The van der Waals surface area contributed by atoms with Crippen molar-refractivity contribution in [3.8, 4) is 17.4 Å². The number of rotatable bonds is 6. The number of nitro groups is 1. The van der Waals surface area contributed by atoms with Crippen molar-refractivity contribution in [3.05, 3.63) is 64.6 Å². The number of nitrogens with one attached hydrogen (secondary N) is 1. The van der Waals surface area contributed by atoms with Gasteiger partial charge in [0.2, 0.25) is 5.82 Å². The van der Waals surface area contributed by atoms with Gasteiger partial charge >= 0.3 is 11.6 Å². The minimum Gasteiger partial charge on any atom is -0.497 e. The van der Waals surface area contributed by atoms with Gasteiger partial charge in [0, 0.05) is 6.20 Å². The van der Waals surface area contributed by atoms with Crippen LogP contribution in [-0.4, -0.2) is 27.0 Å². The number of nitrogens with zero attached hydrogens (tertiary/aromatic N) is 4. The van der Waals surface area contributed by atoms with Crippen molar-refractivity contribution < 1.29 is 14.4 Å². The zero-order valence-electron chi connectivity index (χ0n) is 14.0. The Morgan fingerprint density at radius 1 is 1.04 bits per heavy atom. The lowest BCUT2D eigenvalue weighted by molar-refractivity contribution is -0.385. The van der Waals surface area contributed by atoms with Gasteiger partial charge in [-0.1, -0.05) is 6.07 Å². The first-order valence-electron chi connectivity index (χ1n) is 7.58. The number of pyridine rings is 1. The highest BCUT2D eigenvalue weighted by atomic mass is 16.6. The Morgan fingerprint density at radius 3 is 2.38 bits per heavy atom. The summed E-state index contributed by atoms with van der Waals surface area (Å²) >= 11 is 0. The highest BCUT2D eigenvalue weighted by Crippen LogP contribution is 2.35. The smallest absolute Gasteiger partial charge is 0.373 e. The summed E-state index contributed by atoms with van der Waals surface area (Å²) in [6.45, 7) is 1.89. The second-order valence-corrected chi connectivity index (χ2v) is 5.26. The summed E-state index contributed by atoms with van der Waals surface area (Å²) in [6, 6.07) is 10.1. The molecule has 0 fully saturated rings. The van der Waals surface area contributed by atoms with E-state index < -0.39 is 4.92 Å². The van der Waals surface area contributed by atoms with E-state index in [1.54, 1.807) is 43.6 Å². The van der Waals surface area contributed by atoms with Crippen molar-refractivity contribution in [1.29, 1.82) is 0 Å². The summed E-state index contributed by atoms with van der Waals surface area (Å²) < 4.78 is 10.6. The molecule has 0 aliphatic carbocycles. The molecule has 0 unspecified atom stereocenters. The molecule has 0 aliphatic heterocycles. The van der Waals surface area contributed by atoms with E-state index in [1.807, 2.05) is 13.0 Å². The molecule has 0 bridgehead atoms. The minimum absolute atomic E-state index is 0.00938. The molecule has 0 aliphatic rings. The molecule has 2 heterocycles. The summed E-state index contributed by atoms with van der Waals surface area (Å²) in [6.07, 6.45) is 2.83. The first-order chi connectivity index (χ1) is 12.6. The SMILES string of the molecule is COc1ccc(Oc2ncnc(Nc3ccc(C)cn3)c2[N+](=O)[O-])cc1. The maximum Gasteiger partial charge on any atom is 0.373 e. The summed E-state index contributed by atoms with van der Waals surface area (Å²) in [5.41, 5.74) is 0.585. The fraction of sp³-hybridized carbons (Fsp3) is 0.118. The Balaban J connectivity index is 1.92. The number of ether oxygens (including phenoxy) is 2. The molecule has 9 heteroatoms. The van der Waals surface area contributed by atoms with Crippen LogP contribution in [0.1, 0.15) is 5.56 Å². The van der Waals surface area contributed by atoms with Gasteiger partial charge in [-0.2, -0.15) is 4.98 Å². The third-order valence-electron chi connectivity index (χ3n) is 3.40. The van der Waals surface area contributed by atoms with Crippen LogP contribution in [0.4, 0.5) is 17.3 Å². The fourth-order valence-electron chi connectivity index (χ4n) is 2.11. The number of methoxy groups -OCH3 is 1. The van der Waals surface area contributed by atoms with Gasteiger partial charge in [0.05, 0.1) is 12.0 Å². The van der Waals surface area contributed by atoms with Crippen LogP contribution in [0.2, 0.25) is 0 Å². The number of hydrogen-bond acceptors (Lipinski definition) is 8. The van der Waals surface area contributed by atoms with E-state index in [-0.39, 0.29) is 17.4 Å². The van der Waals surface area contributed by atoms with Gasteiger partial charge in [-0.3, -0.25) is 10.1 Å². The molecule has 0 atom stereocenters. The van der Waals surface area contributed by atoms with Crippen molar-refractivity contribution in [2.45, 2.75) is 6.92 Å². The largest absolute Gasteiger partial charge is 0.497 e. The molecular formula is C17H15N5O4. The average Bonchev–Trinajstić information content (AvgIpc) is 2.64. The number of anilines is 2. The van der Waals surface area contributed by atoms with Gasteiger partial charge in [-0.15, -0.1) is 0 Å². The van der Waals surface area contributed by atoms with Gasteiger partial charge < -0.3 is 14.8 Å². The van der Waals surface area contributed by atoms with Crippen LogP contribution in [-0.2, 0) is 0 Å². The fourth-order valence-corrected chi connectivity index (χ4v) is 2.11. The van der Waals surface area contributed by atoms with Crippen LogP contribution in [0.3, 0.4) is 0 Å². The second kappa shape index (κ2) is 7.43. The normalized spacial score (nSPS) is 10.2. The summed E-state index contributed by atoms with van der Waals surface area (Å²) in [5, 5.41) is 14.4. The Morgan fingerprint density at radius 2 is 1.77 bits per heavy atom. The van der Waals surface area contributed by atoms with Crippen LogP contribution in [0.25, 0.3) is 0 Å². The Kier molecular flexibility index (Phi) is 4.88. The van der Waals surface area contributed by atoms with Crippen LogP contribution in [0, 0.1) is 17.0 Å². The van der Waals surface area contributed by atoms with Crippen LogP contribution < -0.4 is 14.8 Å². The molecule has 0 spiro atoms. The minimum atomic E-state index is -0.602. The maximum atomic E-state index is 11.5. The lowest BCUT2D eigenvalue weighted by Crippen LogP contribution is -2.04. The summed E-state index contributed by atoms with van der Waals surface area (Å²) in [7, 11) is 1.54. The molecule has 132 valence electrons. The molecule has 1 aromatic carbocycles. The maximum absolute atomic E-state index is 11.5. The van der Waals surface area contributed by atoms with E-state index in [9.17, 15) is 10.1 Å². The van der Waals surface area contributed by atoms with Gasteiger partial charge in [0.1, 0.15) is 23.6 Å². The molecule has 3 rings (SSSR count). The third-order valence-corrected chi connectivity index (χ3v) is 3.40. The average molecular weight is 353 g/mol. The van der Waals surface area contributed by atoms with Crippen molar-refractivity contribution in [3.63, 3.8) is 0 Å². The highest BCUT2D eigenvalue weighted by Gasteiger charge is 2.25. The molecule has 3 aromatic rings. The Bertz CT molecular complexity index is 913. The summed E-state index contributed by atoms with van der Waals surface area (Å²) in [4.78, 5) is 22.9. The monoisotopic (exact) mass is 353 g/mol. The van der Waals surface area contributed by atoms with E-state index in [1.165, 1.54) is 6.33 Å². The molecule has 0 saturated carbocycles. The van der Waals surface area contributed by atoms with E-state index >= 15 is 0 Å². The number of aromatic nitrogens is 3. The number of aryl methyl sites for hydroxylation is 1. The predicted octanol–water partition coefficient (Wildman–Crippen LogP) is 3.63. The van der Waals surface area contributed by atoms with Crippen molar-refractivity contribution in [2.24, 2.45) is 0 Å². The Labute approximate surface area is 148 Å². The lowest BCUT2D eigenvalue weighted by atomic mass is 10.3. The van der Waals surface area contributed by atoms with E-state index in [0.717, 1.165) is 5.56 Å². The molecule has 26 heavy (non-hydrogen) atoms. The van der Waals surface area contributed by atoms with Gasteiger partial charge in [0.15, 0.2) is 0 Å². The van der Waals surface area contributed by atoms with Crippen LogP contribution in [0.15, 0.2) is 48.9 Å². The topological polar surface area (TPSA) is 112 Å². The zero-order valence-corrected chi connectivity index (χ0v) is 14.0. The van der Waals surface area contributed by atoms with E-state index in [2.05, 4.69) is 20.3 Å². The summed E-state index contributed by atoms with van der Waals surface area (Å²) in [5.74, 6) is 1.26. The molecule has 1 N–H and O–H groups in total. The van der Waals surface area contributed by atoms with Crippen LogP contribution in [0.5, 0.6) is 17.4 Å². The number of hydrogen-bond donors (Lipinski definition) is 1. The highest BCUT2D eigenvalue weighted by molar-refractivity contribution is 5.67. The van der Waals surface area contributed by atoms with Gasteiger partial charge in [-0.05, 0) is 42.8 Å². The number of benzene rings is 1. The van der Waals surface area contributed by atoms with Crippen molar-refractivity contribution >= 4 is 17.3 Å². The van der Waals surface area contributed by atoms with Crippen molar-refractivity contribution in [1.82, 2.24) is 15.0 Å². The zero-order chi connectivity index (χ0) is 18.5. The molecule has 2 aromatic heterocycles. The standard InChI is InChI=1S/C17H15N5O4/c1-11-3-8-14(18-9-11)21-16-15(22(23)24)17(20-10-19-16)26-13-6-4-12(25-2)5-7-13/h3-10H,1-2H3,(H,18,19,20,21). The Hall–Kier alpha value is -3.75. The van der Waals surface area contributed by atoms with Gasteiger partial charge in [0.25, 0.3) is 0 Å². The lowest BCUT2D eigenvalue weighted by Gasteiger charge is -2.09. The third kappa shape index (κ3) is 3.83.